The van der Waals surface area contributed by atoms with E-state index in [1.165, 1.54) is 7.11 Å². The van der Waals surface area contributed by atoms with Gasteiger partial charge in [-0.1, -0.05) is 0 Å². The fourth-order valence-corrected chi connectivity index (χ4v) is 1.76. The van der Waals surface area contributed by atoms with Crippen LogP contribution in [-0.2, 0) is 19.6 Å². The minimum absolute atomic E-state index is 0.0113. The molecule has 0 unspecified atom stereocenters. The van der Waals surface area contributed by atoms with Gasteiger partial charge in [0.2, 0.25) is 10.0 Å². The summed E-state index contributed by atoms with van der Waals surface area (Å²) in [5, 5.41) is 18.2. The number of nitro benzene ring substituents is 1. The summed E-state index contributed by atoms with van der Waals surface area (Å²) in [5.74, 6) is -0.621. The standard InChI is InChI=1S/C9H11N3O6S/c1-18-9(13)5-11-7-3-2-6(19(10,16)17)4-8(7)12(14)15/h2-4,11H,5H2,1H3,(H2,10,16,17). The van der Waals surface area contributed by atoms with Crippen LogP contribution in [-0.4, -0.2) is 33.0 Å². The van der Waals surface area contributed by atoms with Crippen molar-refractivity contribution in [1.82, 2.24) is 0 Å². The predicted octanol–water partition coefficient (Wildman–Crippen LogP) is -0.173. The molecule has 0 spiro atoms. The van der Waals surface area contributed by atoms with Crippen LogP contribution >= 0.6 is 0 Å². The number of rotatable bonds is 5. The Morgan fingerprint density at radius 3 is 2.63 bits per heavy atom. The summed E-state index contributed by atoms with van der Waals surface area (Å²) in [6, 6.07) is 3.07. The second-order valence-corrected chi connectivity index (χ2v) is 4.97. The van der Waals surface area contributed by atoms with Crippen molar-refractivity contribution in [2.75, 3.05) is 19.0 Å². The van der Waals surface area contributed by atoms with Gasteiger partial charge in [0.1, 0.15) is 12.2 Å². The topological polar surface area (TPSA) is 142 Å². The summed E-state index contributed by atoms with van der Waals surface area (Å²) in [6.45, 7) is -0.286. The van der Waals surface area contributed by atoms with Crippen molar-refractivity contribution in [3.05, 3.63) is 28.3 Å². The van der Waals surface area contributed by atoms with E-state index in [0.717, 1.165) is 18.2 Å². The molecule has 19 heavy (non-hydrogen) atoms. The number of carbonyl (C=O) groups is 1. The lowest BCUT2D eigenvalue weighted by Crippen LogP contribution is -2.16. The largest absolute Gasteiger partial charge is 0.468 e. The van der Waals surface area contributed by atoms with Crippen molar-refractivity contribution >= 4 is 27.4 Å². The highest BCUT2D eigenvalue weighted by molar-refractivity contribution is 7.89. The van der Waals surface area contributed by atoms with Crippen LogP contribution in [0.1, 0.15) is 0 Å². The molecule has 0 aliphatic carbocycles. The van der Waals surface area contributed by atoms with Gasteiger partial charge < -0.3 is 10.1 Å². The van der Waals surface area contributed by atoms with Gasteiger partial charge in [-0.05, 0) is 12.1 Å². The summed E-state index contributed by atoms with van der Waals surface area (Å²) >= 11 is 0. The summed E-state index contributed by atoms with van der Waals surface area (Å²) in [4.78, 5) is 20.6. The monoisotopic (exact) mass is 289 g/mol. The Morgan fingerprint density at radius 2 is 2.16 bits per heavy atom. The van der Waals surface area contributed by atoms with E-state index in [1.54, 1.807) is 0 Å². The van der Waals surface area contributed by atoms with E-state index in [0.29, 0.717) is 0 Å². The van der Waals surface area contributed by atoms with E-state index in [4.69, 9.17) is 5.14 Å². The first-order valence-electron chi connectivity index (χ1n) is 4.87. The van der Waals surface area contributed by atoms with Crippen LogP contribution < -0.4 is 10.5 Å². The summed E-state index contributed by atoms with van der Waals surface area (Å²) in [6.07, 6.45) is 0. The number of carbonyl (C=O) groups excluding carboxylic acids is 1. The summed E-state index contributed by atoms with van der Waals surface area (Å²) < 4.78 is 26.5. The molecule has 1 aromatic rings. The van der Waals surface area contributed by atoms with Crippen LogP contribution in [0.3, 0.4) is 0 Å². The maximum Gasteiger partial charge on any atom is 0.325 e. The molecule has 10 heteroatoms. The molecule has 0 saturated heterocycles. The highest BCUT2D eigenvalue weighted by atomic mass is 32.2. The van der Waals surface area contributed by atoms with Crippen LogP contribution in [0.15, 0.2) is 23.1 Å². The number of nitrogens with two attached hydrogens (primary N) is 1. The van der Waals surface area contributed by atoms with Crippen molar-refractivity contribution < 1.29 is 22.9 Å². The lowest BCUT2D eigenvalue weighted by atomic mass is 10.2. The zero-order valence-corrected chi connectivity index (χ0v) is 10.6. The van der Waals surface area contributed by atoms with Crippen LogP contribution in [0.5, 0.6) is 0 Å². The van der Waals surface area contributed by atoms with Crippen molar-refractivity contribution in [2.24, 2.45) is 5.14 Å². The van der Waals surface area contributed by atoms with E-state index in [1.807, 2.05) is 0 Å². The Labute approximate surface area is 108 Å². The number of nitrogens with zero attached hydrogens (tertiary/aromatic N) is 1. The normalized spacial score (nSPS) is 10.8. The smallest absolute Gasteiger partial charge is 0.325 e. The molecule has 0 amide bonds. The zero-order chi connectivity index (χ0) is 14.6. The third-order valence-corrected chi connectivity index (χ3v) is 3.06. The molecule has 0 aliphatic rings. The number of nitro groups is 1. The van der Waals surface area contributed by atoms with Crippen LogP contribution in [0, 0.1) is 10.1 Å². The third kappa shape index (κ3) is 3.89. The number of methoxy groups -OCH3 is 1. The molecule has 0 aromatic heterocycles. The molecule has 9 nitrogen and oxygen atoms in total. The van der Waals surface area contributed by atoms with Crippen molar-refractivity contribution in [2.45, 2.75) is 4.90 Å². The van der Waals surface area contributed by atoms with Crippen molar-refractivity contribution in [1.29, 1.82) is 0 Å². The lowest BCUT2D eigenvalue weighted by molar-refractivity contribution is -0.384. The Bertz CT molecular complexity index is 612. The number of hydrogen-bond donors (Lipinski definition) is 2. The number of sulfonamides is 1. The van der Waals surface area contributed by atoms with Gasteiger partial charge in [0.15, 0.2) is 0 Å². The van der Waals surface area contributed by atoms with Gasteiger partial charge in [0.05, 0.1) is 16.9 Å². The molecule has 0 atom stereocenters. The van der Waals surface area contributed by atoms with Gasteiger partial charge in [-0.2, -0.15) is 0 Å². The molecule has 0 aliphatic heterocycles. The average Bonchev–Trinajstić information content (AvgIpc) is 2.34. The molecule has 0 radical (unpaired) electrons. The van der Waals surface area contributed by atoms with Crippen LogP contribution in [0.4, 0.5) is 11.4 Å². The number of benzene rings is 1. The van der Waals surface area contributed by atoms with E-state index < -0.39 is 26.6 Å². The number of hydrogen-bond acceptors (Lipinski definition) is 7. The first-order valence-corrected chi connectivity index (χ1v) is 6.42. The molecule has 104 valence electrons. The quantitative estimate of drug-likeness (QED) is 0.435. The van der Waals surface area contributed by atoms with Gasteiger partial charge in [0, 0.05) is 6.07 Å². The van der Waals surface area contributed by atoms with E-state index in [-0.39, 0.29) is 17.1 Å². The molecule has 0 fully saturated rings. The molecular formula is C9H11N3O6S. The number of anilines is 1. The van der Waals surface area contributed by atoms with E-state index in [2.05, 4.69) is 10.1 Å². The average molecular weight is 289 g/mol. The lowest BCUT2D eigenvalue weighted by Gasteiger charge is -2.07. The molecular weight excluding hydrogens is 278 g/mol. The Hall–Kier alpha value is -2.20. The summed E-state index contributed by atoms with van der Waals surface area (Å²) in [5.41, 5.74) is -0.516. The second-order valence-electron chi connectivity index (χ2n) is 3.41. The minimum atomic E-state index is -4.04. The van der Waals surface area contributed by atoms with Gasteiger partial charge in [-0.25, -0.2) is 13.6 Å². The second kappa shape index (κ2) is 5.63. The highest BCUT2D eigenvalue weighted by Crippen LogP contribution is 2.26. The predicted molar refractivity (Wildman–Crippen MR) is 65.0 cm³/mol. The molecule has 1 aromatic carbocycles. The van der Waals surface area contributed by atoms with Crippen molar-refractivity contribution in [3.8, 4) is 0 Å². The molecule has 0 heterocycles. The fourth-order valence-electron chi connectivity index (χ4n) is 1.23. The minimum Gasteiger partial charge on any atom is -0.468 e. The number of primary sulfonamides is 1. The summed E-state index contributed by atoms with van der Waals surface area (Å²) in [7, 11) is -2.87. The van der Waals surface area contributed by atoms with Crippen molar-refractivity contribution in [3.63, 3.8) is 0 Å². The van der Waals surface area contributed by atoms with E-state index in [9.17, 15) is 23.3 Å². The molecule has 3 N–H and O–H groups in total. The maximum atomic E-state index is 11.1. The van der Waals surface area contributed by atoms with Gasteiger partial charge in [0.25, 0.3) is 5.69 Å². The molecule has 0 bridgehead atoms. The first-order chi connectivity index (χ1) is 8.75. The van der Waals surface area contributed by atoms with Gasteiger partial charge in [-0.15, -0.1) is 0 Å². The Morgan fingerprint density at radius 1 is 1.53 bits per heavy atom. The molecule has 0 saturated carbocycles. The van der Waals surface area contributed by atoms with Crippen LogP contribution in [0.25, 0.3) is 0 Å². The first kappa shape index (κ1) is 14.9. The van der Waals surface area contributed by atoms with Gasteiger partial charge >= 0.3 is 5.97 Å². The highest BCUT2D eigenvalue weighted by Gasteiger charge is 2.19. The number of esters is 1. The SMILES string of the molecule is COC(=O)CNc1ccc(S(N)(=O)=O)cc1[N+](=O)[O-]. The number of nitrogens with one attached hydrogen (secondary N) is 1. The number of ether oxygens (including phenoxy) is 1. The third-order valence-electron chi connectivity index (χ3n) is 2.15. The van der Waals surface area contributed by atoms with E-state index >= 15 is 0 Å². The maximum absolute atomic E-state index is 11.1. The van der Waals surface area contributed by atoms with Gasteiger partial charge in [-0.3, -0.25) is 14.9 Å². The molecule has 1 rings (SSSR count). The Kier molecular flexibility index (Phi) is 4.40. The zero-order valence-electron chi connectivity index (χ0n) is 9.82. The van der Waals surface area contributed by atoms with Crippen LogP contribution in [0.2, 0.25) is 0 Å². The fraction of sp³-hybridized carbons (Fsp3) is 0.222. The Balaban J connectivity index is 3.12.